The van der Waals surface area contributed by atoms with Crippen molar-refractivity contribution in [1.29, 1.82) is 0 Å². The van der Waals surface area contributed by atoms with Gasteiger partial charge in [0.2, 0.25) is 0 Å². The van der Waals surface area contributed by atoms with Gasteiger partial charge in [0.05, 0.1) is 12.7 Å². The molecule has 0 spiro atoms. The second-order valence-electron chi connectivity index (χ2n) is 5.21. The number of benzene rings is 2. The van der Waals surface area contributed by atoms with Crippen molar-refractivity contribution in [2.75, 3.05) is 7.11 Å². The predicted octanol–water partition coefficient (Wildman–Crippen LogP) is 3.35. The molecule has 1 N–H and O–H groups in total. The van der Waals surface area contributed by atoms with E-state index in [4.69, 9.17) is 4.74 Å². The van der Waals surface area contributed by atoms with Gasteiger partial charge in [0.15, 0.2) is 5.78 Å². The van der Waals surface area contributed by atoms with E-state index < -0.39 is 6.10 Å². The summed E-state index contributed by atoms with van der Waals surface area (Å²) in [5.74, 6) is -0.0905. The van der Waals surface area contributed by atoms with Gasteiger partial charge in [0, 0.05) is 5.92 Å². The fraction of sp³-hybridized carbons (Fsp3) is 0.278. The van der Waals surface area contributed by atoms with E-state index >= 15 is 0 Å². The topological polar surface area (TPSA) is 46.5 Å². The van der Waals surface area contributed by atoms with Gasteiger partial charge in [-0.1, -0.05) is 43.3 Å². The smallest absolute Gasteiger partial charge is 0.195 e. The number of carbonyl (C=O) groups excluding carboxylic acids is 1. The van der Waals surface area contributed by atoms with Gasteiger partial charge in [-0.05, 0) is 30.2 Å². The molecule has 0 aliphatic rings. The van der Waals surface area contributed by atoms with Crippen LogP contribution in [0.1, 0.15) is 34.3 Å². The first-order chi connectivity index (χ1) is 10.0. The first-order valence-electron chi connectivity index (χ1n) is 6.96. The Hall–Kier alpha value is -2.13. The van der Waals surface area contributed by atoms with Crippen LogP contribution in [-0.4, -0.2) is 24.1 Å². The normalized spacial score (nSPS) is 13.5. The summed E-state index contributed by atoms with van der Waals surface area (Å²) in [4.78, 5) is 12.5. The molecule has 2 aromatic rings. The van der Waals surface area contributed by atoms with Crippen molar-refractivity contribution in [3.05, 3.63) is 65.2 Å². The van der Waals surface area contributed by atoms with Gasteiger partial charge in [-0.25, -0.2) is 0 Å². The first kappa shape index (κ1) is 15.3. The molecule has 110 valence electrons. The second kappa shape index (κ2) is 6.55. The maximum Gasteiger partial charge on any atom is 0.195 e. The van der Waals surface area contributed by atoms with E-state index in [0.717, 1.165) is 11.1 Å². The van der Waals surface area contributed by atoms with Gasteiger partial charge in [0.1, 0.15) is 11.9 Å². The molecule has 2 unspecified atom stereocenters. The van der Waals surface area contributed by atoms with Crippen LogP contribution in [-0.2, 0) is 0 Å². The number of aryl methyl sites for hydroxylation is 1. The lowest BCUT2D eigenvalue weighted by Crippen LogP contribution is -2.27. The fourth-order valence-electron chi connectivity index (χ4n) is 2.33. The monoisotopic (exact) mass is 284 g/mol. The van der Waals surface area contributed by atoms with Gasteiger partial charge in [-0.15, -0.1) is 0 Å². The van der Waals surface area contributed by atoms with E-state index in [0.29, 0.717) is 11.3 Å². The Bertz CT molecular complexity index is 620. The van der Waals surface area contributed by atoms with Crippen LogP contribution in [0.15, 0.2) is 48.5 Å². The van der Waals surface area contributed by atoms with Crippen molar-refractivity contribution in [2.24, 2.45) is 0 Å². The Balaban J connectivity index is 2.27. The van der Waals surface area contributed by atoms with Crippen molar-refractivity contribution in [3.8, 4) is 5.75 Å². The zero-order chi connectivity index (χ0) is 15.4. The molecule has 2 aromatic carbocycles. The molecule has 3 heteroatoms. The van der Waals surface area contributed by atoms with Crippen LogP contribution in [0.2, 0.25) is 0 Å². The lowest BCUT2D eigenvalue weighted by Gasteiger charge is -2.19. The fourth-order valence-corrected chi connectivity index (χ4v) is 2.33. The van der Waals surface area contributed by atoms with Crippen molar-refractivity contribution in [2.45, 2.75) is 25.9 Å². The number of Topliss-reactive ketones (excluding diaryl/α,β-unsaturated/α-hetero) is 1. The Morgan fingerprint density at radius 3 is 2.43 bits per heavy atom. The molecule has 0 aliphatic carbocycles. The number of aliphatic hydroxyl groups is 1. The number of methoxy groups -OCH3 is 1. The van der Waals surface area contributed by atoms with Crippen LogP contribution in [0.5, 0.6) is 5.75 Å². The number of ether oxygens (including phenoxy) is 1. The summed E-state index contributed by atoms with van der Waals surface area (Å²) in [7, 11) is 1.53. The van der Waals surface area contributed by atoms with E-state index in [9.17, 15) is 9.90 Å². The van der Waals surface area contributed by atoms with Gasteiger partial charge in [0.25, 0.3) is 0 Å². The van der Waals surface area contributed by atoms with E-state index in [1.165, 1.54) is 7.11 Å². The van der Waals surface area contributed by atoms with E-state index in [1.54, 1.807) is 12.1 Å². The molecular weight excluding hydrogens is 264 g/mol. The van der Waals surface area contributed by atoms with Crippen LogP contribution in [0.25, 0.3) is 0 Å². The van der Waals surface area contributed by atoms with E-state index in [2.05, 4.69) is 0 Å². The van der Waals surface area contributed by atoms with Crippen LogP contribution >= 0.6 is 0 Å². The Kier molecular flexibility index (Phi) is 4.76. The molecule has 21 heavy (non-hydrogen) atoms. The van der Waals surface area contributed by atoms with E-state index in [1.807, 2.05) is 50.2 Å². The SMILES string of the molecule is COc1cc(C)ccc1C(=O)C(O)C(C)c1ccccc1. The Morgan fingerprint density at radius 2 is 1.81 bits per heavy atom. The molecule has 3 nitrogen and oxygen atoms in total. The van der Waals surface area contributed by atoms with E-state index in [-0.39, 0.29) is 11.7 Å². The third-order valence-electron chi connectivity index (χ3n) is 3.69. The summed E-state index contributed by atoms with van der Waals surface area (Å²) in [6, 6.07) is 14.9. The molecule has 0 aromatic heterocycles. The quantitative estimate of drug-likeness (QED) is 0.856. The number of ketones is 1. The lowest BCUT2D eigenvalue weighted by molar-refractivity contribution is 0.0698. The largest absolute Gasteiger partial charge is 0.496 e. The van der Waals surface area contributed by atoms with Crippen molar-refractivity contribution < 1.29 is 14.6 Å². The summed E-state index contributed by atoms with van der Waals surface area (Å²) in [6.45, 7) is 3.78. The van der Waals surface area contributed by atoms with Crippen molar-refractivity contribution in [1.82, 2.24) is 0 Å². The van der Waals surface area contributed by atoms with Gasteiger partial charge < -0.3 is 9.84 Å². The second-order valence-corrected chi connectivity index (χ2v) is 5.21. The number of rotatable bonds is 5. The third kappa shape index (κ3) is 3.31. The minimum atomic E-state index is -1.09. The zero-order valence-electron chi connectivity index (χ0n) is 12.5. The van der Waals surface area contributed by atoms with Crippen LogP contribution in [0, 0.1) is 6.92 Å². The van der Waals surface area contributed by atoms with Gasteiger partial charge in [-0.2, -0.15) is 0 Å². The third-order valence-corrected chi connectivity index (χ3v) is 3.69. The molecule has 0 radical (unpaired) electrons. The summed E-state index contributed by atoms with van der Waals surface area (Å²) in [5.41, 5.74) is 2.36. The summed E-state index contributed by atoms with van der Waals surface area (Å²) >= 11 is 0. The maximum atomic E-state index is 12.5. The molecule has 0 saturated heterocycles. The highest BCUT2D eigenvalue weighted by molar-refractivity contribution is 6.02. The summed E-state index contributed by atoms with van der Waals surface area (Å²) < 4.78 is 5.25. The molecule has 0 fully saturated rings. The standard InChI is InChI=1S/C18H20O3/c1-12-9-10-15(16(11-12)21-3)18(20)17(19)13(2)14-7-5-4-6-8-14/h4-11,13,17,19H,1-3H3. The average Bonchev–Trinajstić information content (AvgIpc) is 2.53. The maximum absolute atomic E-state index is 12.5. The molecule has 0 aliphatic heterocycles. The molecule has 0 bridgehead atoms. The highest BCUT2D eigenvalue weighted by Gasteiger charge is 2.26. The van der Waals surface area contributed by atoms with Gasteiger partial charge >= 0.3 is 0 Å². The average molecular weight is 284 g/mol. The van der Waals surface area contributed by atoms with Crippen LogP contribution < -0.4 is 4.74 Å². The highest BCUT2D eigenvalue weighted by atomic mass is 16.5. The Morgan fingerprint density at radius 1 is 1.14 bits per heavy atom. The number of carbonyl (C=O) groups is 1. The Labute approximate surface area is 125 Å². The molecular formula is C18H20O3. The molecule has 0 saturated carbocycles. The summed E-state index contributed by atoms with van der Waals surface area (Å²) in [5, 5.41) is 10.4. The zero-order valence-corrected chi connectivity index (χ0v) is 12.5. The molecule has 0 heterocycles. The van der Waals surface area contributed by atoms with Crippen LogP contribution in [0.3, 0.4) is 0 Å². The highest BCUT2D eigenvalue weighted by Crippen LogP contribution is 2.26. The number of hydrogen-bond donors (Lipinski definition) is 1. The molecule has 2 rings (SSSR count). The predicted molar refractivity (Wildman–Crippen MR) is 82.9 cm³/mol. The molecule has 0 amide bonds. The van der Waals surface area contributed by atoms with Crippen molar-refractivity contribution >= 4 is 5.78 Å². The van der Waals surface area contributed by atoms with Crippen molar-refractivity contribution in [3.63, 3.8) is 0 Å². The van der Waals surface area contributed by atoms with Gasteiger partial charge in [-0.3, -0.25) is 4.79 Å². The minimum Gasteiger partial charge on any atom is -0.496 e. The summed E-state index contributed by atoms with van der Waals surface area (Å²) in [6.07, 6.45) is -1.09. The molecule has 2 atom stereocenters. The van der Waals surface area contributed by atoms with Crippen LogP contribution in [0.4, 0.5) is 0 Å². The lowest BCUT2D eigenvalue weighted by atomic mass is 9.90. The number of hydrogen-bond acceptors (Lipinski definition) is 3. The minimum absolute atomic E-state index is 0.273. The number of aliphatic hydroxyl groups excluding tert-OH is 1. The first-order valence-corrected chi connectivity index (χ1v) is 6.96.